The standard InChI is InChI=1S/C30H26ClN3O4/c1-2-20-12-14-22(15-13-20)34-29(36)24(28(35)32-30(34)37)18-21-19-33(26-10-5-3-8-23(21)26)16-7-17-38-27-11-6-4-9-25(27)31/h3-6,8-15,18-19H,2,7,16-17H2,1H3,(H,32,35,37)/b24-18+. The molecular weight excluding hydrogens is 502 g/mol. The summed E-state index contributed by atoms with van der Waals surface area (Å²) in [5, 5.41) is 3.76. The molecule has 0 bridgehead atoms. The summed E-state index contributed by atoms with van der Waals surface area (Å²) >= 11 is 6.17. The number of carbonyl (C=O) groups is 3. The van der Waals surface area contributed by atoms with Crippen molar-refractivity contribution < 1.29 is 19.1 Å². The Bertz CT molecular complexity index is 1560. The van der Waals surface area contributed by atoms with Gasteiger partial charge in [0, 0.05) is 29.2 Å². The summed E-state index contributed by atoms with van der Waals surface area (Å²) in [6, 6.07) is 21.5. The Kier molecular flexibility index (Phi) is 7.29. The second kappa shape index (κ2) is 10.9. The third-order valence-corrected chi connectivity index (χ3v) is 6.77. The maximum absolute atomic E-state index is 13.4. The Labute approximate surface area is 225 Å². The summed E-state index contributed by atoms with van der Waals surface area (Å²) in [5.74, 6) is -0.735. The number of anilines is 1. The van der Waals surface area contributed by atoms with Gasteiger partial charge in [0.05, 0.1) is 17.3 Å². The number of benzene rings is 3. The first-order chi connectivity index (χ1) is 18.5. The predicted molar refractivity (Wildman–Crippen MR) is 148 cm³/mol. The monoisotopic (exact) mass is 527 g/mol. The summed E-state index contributed by atoms with van der Waals surface area (Å²) in [6.45, 7) is 3.15. The Morgan fingerprint density at radius 3 is 2.45 bits per heavy atom. The van der Waals surface area contributed by atoms with E-state index in [0.717, 1.165) is 34.2 Å². The van der Waals surface area contributed by atoms with Crippen molar-refractivity contribution >= 4 is 52.1 Å². The SMILES string of the molecule is CCc1ccc(N2C(=O)NC(=O)/C(=C\c3cn(CCCOc4ccccc4Cl)c4ccccc34)C2=O)cc1. The minimum Gasteiger partial charge on any atom is -0.492 e. The smallest absolute Gasteiger partial charge is 0.335 e. The van der Waals surface area contributed by atoms with Gasteiger partial charge in [-0.05, 0) is 54.8 Å². The van der Waals surface area contributed by atoms with E-state index in [1.54, 1.807) is 24.3 Å². The van der Waals surface area contributed by atoms with Crippen molar-refractivity contribution in [2.75, 3.05) is 11.5 Å². The van der Waals surface area contributed by atoms with Gasteiger partial charge in [-0.1, -0.05) is 61.0 Å². The number of nitrogens with one attached hydrogen (secondary N) is 1. The number of amides is 4. The maximum atomic E-state index is 13.4. The topological polar surface area (TPSA) is 80.6 Å². The molecule has 0 radical (unpaired) electrons. The number of hydrogen-bond donors (Lipinski definition) is 1. The third-order valence-electron chi connectivity index (χ3n) is 6.46. The van der Waals surface area contributed by atoms with E-state index in [1.807, 2.05) is 67.7 Å². The zero-order valence-electron chi connectivity index (χ0n) is 20.8. The molecule has 4 aromatic rings. The largest absolute Gasteiger partial charge is 0.492 e. The van der Waals surface area contributed by atoms with E-state index in [9.17, 15) is 14.4 Å². The molecule has 1 saturated heterocycles. The molecule has 8 heteroatoms. The molecule has 0 saturated carbocycles. The molecule has 0 atom stereocenters. The van der Waals surface area contributed by atoms with Crippen molar-refractivity contribution in [3.63, 3.8) is 0 Å². The van der Waals surface area contributed by atoms with E-state index in [-0.39, 0.29) is 5.57 Å². The molecular formula is C30H26ClN3O4. The van der Waals surface area contributed by atoms with Crippen LogP contribution < -0.4 is 15.0 Å². The van der Waals surface area contributed by atoms with Crippen LogP contribution >= 0.6 is 11.6 Å². The van der Waals surface area contributed by atoms with Crippen LogP contribution in [0.25, 0.3) is 17.0 Å². The van der Waals surface area contributed by atoms with Crippen LogP contribution in [0.15, 0.2) is 84.6 Å². The van der Waals surface area contributed by atoms with Crippen molar-refractivity contribution in [2.24, 2.45) is 0 Å². The molecule has 1 aromatic heterocycles. The van der Waals surface area contributed by atoms with Crippen LogP contribution in [0.5, 0.6) is 5.75 Å². The Morgan fingerprint density at radius 2 is 1.68 bits per heavy atom. The minimum atomic E-state index is -0.762. The van der Waals surface area contributed by atoms with Crippen molar-refractivity contribution in [3.8, 4) is 5.75 Å². The lowest BCUT2D eigenvalue weighted by Crippen LogP contribution is -2.54. The lowest BCUT2D eigenvalue weighted by Gasteiger charge is -2.26. The lowest BCUT2D eigenvalue weighted by atomic mass is 10.1. The molecule has 1 fully saturated rings. The molecule has 1 aliphatic rings. The maximum Gasteiger partial charge on any atom is 0.335 e. The van der Waals surface area contributed by atoms with Gasteiger partial charge in [-0.3, -0.25) is 14.9 Å². The number of urea groups is 1. The van der Waals surface area contributed by atoms with Crippen molar-refractivity contribution in [1.29, 1.82) is 0 Å². The fraction of sp³-hybridized carbons (Fsp3) is 0.167. The highest BCUT2D eigenvalue weighted by Crippen LogP contribution is 2.28. The number of aryl methyl sites for hydroxylation is 2. The van der Waals surface area contributed by atoms with Gasteiger partial charge in [0.25, 0.3) is 11.8 Å². The van der Waals surface area contributed by atoms with E-state index >= 15 is 0 Å². The average Bonchev–Trinajstić information content (AvgIpc) is 3.27. The van der Waals surface area contributed by atoms with Crippen LogP contribution in [0.2, 0.25) is 5.02 Å². The fourth-order valence-corrected chi connectivity index (χ4v) is 4.67. The molecule has 0 aliphatic carbocycles. The molecule has 4 amide bonds. The first-order valence-corrected chi connectivity index (χ1v) is 12.8. The number of imide groups is 2. The van der Waals surface area contributed by atoms with Gasteiger partial charge in [0.2, 0.25) is 0 Å². The highest BCUT2D eigenvalue weighted by Gasteiger charge is 2.37. The highest BCUT2D eigenvalue weighted by atomic mass is 35.5. The number of aromatic nitrogens is 1. The van der Waals surface area contributed by atoms with Gasteiger partial charge in [0.15, 0.2) is 0 Å². The van der Waals surface area contributed by atoms with Crippen molar-refractivity contribution in [3.05, 3.63) is 101 Å². The number of carbonyl (C=O) groups excluding carboxylic acids is 3. The van der Waals surface area contributed by atoms with Gasteiger partial charge in [-0.25, -0.2) is 9.69 Å². The van der Waals surface area contributed by atoms with E-state index in [4.69, 9.17) is 16.3 Å². The predicted octanol–water partition coefficient (Wildman–Crippen LogP) is 5.99. The number of ether oxygens (including phenoxy) is 1. The number of hydrogen-bond acceptors (Lipinski definition) is 4. The van der Waals surface area contributed by atoms with Crippen LogP contribution in [-0.2, 0) is 22.6 Å². The van der Waals surface area contributed by atoms with Gasteiger partial charge in [-0.15, -0.1) is 0 Å². The molecule has 0 unspecified atom stereocenters. The first-order valence-electron chi connectivity index (χ1n) is 12.4. The zero-order chi connectivity index (χ0) is 26.6. The molecule has 7 nitrogen and oxygen atoms in total. The Balaban J connectivity index is 1.40. The van der Waals surface area contributed by atoms with Crippen LogP contribution in [0.3, 0.4) is 0 Å². The fourth-order valence-electron chi connectivity index (χ4n) is 4.48. The van der Waals surface area contributed by atoms with Crippen molar-refractivity contribution in [1.82, 2.24) is 9.88 Å². The first kappa shape index (κ1) is 25.3. The van der Waals surface area contributed by atoms with Crippen LogP contribution in [-0.4, -0.2) is 29.0 Å². The molecule has 5 rings (SSSR count). The second-order valence-corrected chi connectivity index (χ2v) is 9.31. The zero-order valence-corrected chi connectivity index (χ0v) is 21.6. The Hall–Kier alpha value is -4.36. The summed E-state index contributed by atoms with van der Waals surface area (Å²) in [6.07, 6.45) is 5.01. The van der Waals surface area contributed by atoms with E-state index in [2.05, 4.69) is 9.88 Å². The van der Waals surface area contributed by atoms with Gasteiger partial charge in [0.1, 0.15) is 11.3 Å². The molecule has 3 aromatic carbocycles. The summed E-state index contributed by atoms with van der Waals surface area (Å²) in [7, 11) is 0. The highest BCUT2D eigenvalue weighted by molar-refractivity contribution is 6.39. The second-order valence-electron chi connectivity index (χ2n) is 8.91. The molecule has 2 heterocycles. The number of nitrogens with zero attached hydrogens (tertiary/aromatic N) is 2. The van der Waals surface area contributed by atoms with Crippen LogP contribution in [0, 0.1) is 0 Å². The van der Waals surface area contributed by atoms with E-state index in [0.29, 0.717) is 35.2 Å². The lowest BCUT2D eigenvalue weighted by molar-refractivity contribution is -0.122. The average molecular weight is 528 g/mol. The Morgan fingerprint density at radius 1 is 0.947 bits per heavy atom. The summed E-state index contributed by atoms with van der Waals surface area (Å²) in [5.41, 5.74) is 3.05. The number of halogens is 1. The normalized spacial score (nSPS) is 14.8. The van der Waals surface area contributed by atoms with E-state index in [1.165, 1.54) is 0 Å². The number of barbiturate groups is 1. The molecule has 192 valence electrons. The minimum absolute atomic E-state index is 0.103. The molecule has 1 aliphatic heterocycles. The van der Waals surface area contributed by atoms with Gasteiger partial charge < -0.3 is 9.30 Å². The third kappa shape index (κ3) is 5.06. The molecule has 1 N–H and O–H groups in total. The van der Waals surface area contributed by atoms with Crippen molar-refractivity contribution in [2.45, 2.75) is 26.3 Å². The summed E-state index contributed by atoms with van der Waals surface area (Å²) in [4.78, 5) is 39.7. The quantitative estimate of drug-likeness (QED) is 0.173. The summed E-state index contributed by atoms with van der Waals surface area (Å²) < 4.78 is 7.88. The van der Waals surface area contributed by atoms with Gasteiger partial charge in [-0.2, -0.15) is 0 Å². The number of rotatable bonds is 8. The number of fused-ring (bicyclic) bond motifs is 1. The molecule has 0 spiro atoms. The molecule has 38 heavy (non-hydrogen) atoms. The number of para-hydroxylation sites is 2. The van der Waals surface area contributed by atoms with Gasteiger partial charge >= 0.3 is 6.03 Å². The van der Waals surface area contributed by atoms with Crippen LogP contribution in [0.1, 0.15) is 24.5 Å². The van der Waals surface area contributed by atoms with Crippen LogP contribution in [0.4, 0.5) is 10.5 Å². The van der Waals surface area contributed by atoms with E-state index < -0.39 is 17.8 Å².